The predicted molar refractivity (Wildman–Crippen MR) is 71.7 cm³/mol. The molecular formula is C13H24N4O2. The lowest BCUT2D eigenvalue weighted by Crippen LogP contribution is -2.46. The van der Waals surface area contributed by atoms with E-state index in [-0.39, 0.29) is 0 Å². The lowest BCUT2D eigenvalue weighted by molar-refractivity contribution is 0.115. The van der Waals surface area contributed by atoms with Crippen LogP contribution in [0.5, 0.6) is 0 Å². The Morgan fingerprint density at radius 1 is 1.11 bits per heavy atom. The summed E-state index contributed by atoms with van der Waals surface area (Å²) < 4.78 is 5.15. The molecule has 1 fully saturated rings. The van der Waals surface area contributed by atoms with Crippen LogP contribution in [0.15, 0.2) is 4.52 Å². The minimum atomic E-state index is 0.317. The summed E-state index contributed by atoms with van der Waals surface area (Å²) in [6.45, 7) is 8.39. The van der Waals surface area contributed by atoms with Crippen molar-refractivity contribution >= 4 is 0 Å². The molecule has 2 heterocycles. The van der Waals surface area contributed by atoms with Gasteiger partial charge in [0, 0.05) is 32.8 Å². The van der Waals surface area contributed by atoms with Crippen molar-refractivity contribution in [1.82, 2.24) is 19.9 Å². The number of hydrogen-bond donors (Lipinski definition) is 1. The summed E-state index contributed by atoms with van der Waals surface area (Å²) in [5.41, 5.74) is 0. The fourth-order valence-corrected chi connectivity index (χ4v) is 2.39. The zero-order chi connectivity index (χ0) is 13.5. The third kappa shape index (κ3) is 4.89. The van der Waals surface area contributed by atoms with Crippen LogP contribution in [0.2, 0.25) is 0 Å². The minimum absolute atomic E-state index is 0.317. The number of unbranched alkanes of at least 4 members (excludes halogenated alkanes) is 2. The smallest absolute Gasteiger partial charge is 0.240 e. The fraction of sp³-hybridized carbons (Fsp3) is 0.846. The van der Waals surface area contributed by atoms with Gasteiger partial charge in [-0.2, -0.15) is 4.98 Å². The first-order chi connectivity index (χ1) is 9.28. The second-order valence-corrected chi connectivity index (χ2v) is 5.14. The molecule has 0 aromatic carbocycles. The van der Waals surface area contributed by atoms with Crippen molar-refractivity contribution in [3.63, 3.8) is 0 Å². The van der Waals surface area contributed by atoms with Crippen molar-refractivity contribution in [3.05, 3.63) is 11.7 Å². The Bertz CT molecular complexity index is 361. The molecule has 0 radical (unpaired) electrons. The van der Waals surface area contributed by atoms with Gasteiger partial charge in [0.25, 0.3) is 0 Å². The molecule has 0 amide bonds. The topological polar surface area (TPSA) is 65.6 Å². The number of aliphatic hydroxyl groups excluding tert-OH is 1. The first kappa shape index (κ1) is 14.4. The van der Waals surface area contributed by atoms with Gasteiger partial charge in [-0.1, -0.05) is 5.16 Å². The molecule has 0 aliphatic carbocycles. The molecule has 108 valence electrons. The minimum Gasteiger partial charge on any atom is -0.396 e. The number of piperazine rings is 1. The third-order valence-electron chi connectivity index (χ3n) is 3.53. The van der Waals surface area contributed by atoms with Gasteiger partial charge in [-0.15, -0.1) is 0 Å². The second kappa shape index (κ2) is 7.57. The van der Waals surface area contributed by atoms with Crippen molar-refractivity contribution in [2.45, 2.75) is 32.7 Å². The molecular weight excluding hydrogens is 244 g/mol. The molecule has 1 saturated heterocycles. The Labute approximate surface area is 114 Å². The van der Waals surface area contributed by atoms with Crippen LogP contribution in [0.25, 0.3) is 0 Å². The van der Waals surface area contributed by atoms with Gasteiger partial charge in [-0.05, 0) is 32.7 Å². The molecule has 1 aliphatic heterocycles. The highest BCUT2D eigenvalue weighted by Crippen LogP contribution is 2.08. The number of hydrogen-bond acceptors (Lipinski definition) is 6. The van der Waals surface area contributed by atoms with Crippen molar-refractivity contribution in [1.29, 1.82) is 0 Å². The number of nitrogens with zero attached hydrogens (tertiary/aromatic N) is 4. The van der Waals surface area contributed by atoms with Crippen molar-refractivity contribution < 1.29 is 9.63 Å². The lowest BCUT2D eigenvalue weighted by atomic mass is 10.2. The molecule has 0 bridgehead atoms. The van der Waals surface area contributed by atoms with Gasteiger partial charge in [0.05, 0.1) is 6.54 Å². The largest absolute Gasteiger partial charge is 0.396 e. The summed E-state index contributed by atoms with van der Waals surface area (Å²) in [6, 6.07) is 0. The van der Waals surface area contributed by atoms with E-state index in [1.54, 1.807) is 0 Å². The maximum absolute atomic E-state index is 8.74. The predicted octanol–water partition coefficient (Wildman–Crippen LogP) is 0.658. The highest BCUT2D eigenvalue weighted by atomic mass is 16.5. The molecule has 2 rings (SSSR count). The highest BCUT2D eigenvalue weighted by molar-refractivity contribution is 4.84. The van der Waals surface area contributed by atoms with E-state index in [2.05, 4.69) is 19.9 Å². The van der Waals surface area contributed by atoms with Gasteiger partial charge < -0.3 is 14.5 Å². The Morgan fingerprint density at radius 2 is 1.84 bits per heavy atom. The van der Waals surface area contributed by atoms with Crippen LogP contribution in [0.4, 0.5) is 0 Å². The van der Waals surface area contributed by atoms with Gasteiger partial charge in [0.15, 0.2) is 5.82 Å². The first-order valence-electron chi connectivity index (χ1n) is 7.12. The van der Waals surface area contributed by atoms with Crippen LogP contribution in [0.1, 0.15) is 31.0 Å². The van der Waals surface area contributed by atoms with Crippen LogP contribution in [-0.4, -0.2) is 64.4 Å². The third-order valence-corrected chi connectivity index (χ3v) is 3.53. The molecule has 6 heteroatoms. The van der Waals surface area contributed by atoms with Crippen LogP contribution in [-0.2, 0) is 6.54 Å². The molecule has 1 aromatic rings. The van der Waals surface area contributed by atoms with E-state index in [1.807, 2.05) is 6.92 Å². The Hall–Kier alpha value is -0.980. The van der Waals surface area contributed by atoms with Crippen LogP contribution >= 0.6 is 0 Å². The van der Waals surface area contributed by atoms with E-state index in [0.29, 0.717) is 18.3 Å². The summed E-state index contributed by atoms with van der Waals surface area (Å²) in [4.78, 5) is 9.09. The molecule has 1 N–H and O–H groups in total. The molecule has 1 aliphatic rings. The number of aromatic nitrogens is 2. The van der Waals surface area contributed by atoms with Crippen LogP contribution < -0.4 is 0 Å². The molecule has 1 aromatic heterocycles. The average Bonchev–Trinajstić information content (AvgIpc) is 2.82. The van der Waals surface area contributed by atoms with E-state index >= 15 is 0 Å². The summed E-state index contributed by atoms with van der Waals surface area (Å²) in [5, 5.41) is 12.6. The molecule has 0 unspecified atom stereocenters. The number of aryl methyl sites for hydroxylation is 1. The molecule has 6 nitrogen and oxygen atoms in total. The summed E-state index contributed by atoms with van der Waals surface area (Å²) in [6.07, 6.45) is 3.23. The van der Waals surface area contributed by atoms with Gasteiger partial charge >= 0.3 is 0 Å². The summed E-state index contributed by atoms with van der Waals surface area (Å²) in [7, 11) is 0. The van der Waals surface area contributed by atoms with Gasteiger partial charge in [0.2, 0.25) is 5.89 Å². The normalized spacial score (nSPS) is 18.0. The van der Waals surface area contributed by atoms with Crippen molar-refractivity contribution in [2.24, 2.45) is 0 Å². The number of aliphatic hydroxyl groups is 1. The van der Waals surface area contributed by atoms with Crippen LogP contribution in [0, 0.1) is 6.92 Å². The van der Waals surface area contributed by atoms with Crippen LogP contribution in [0.3, 0.4) is 0 Å². The molecule has 0 saturated carbocycles. The molecule has 0 spiro atoms. The zero-order valence-corrected chi connectivity index (χ0v) is 11.7. The summed E-state index contributed by atoms with van der Waals surface area (Å²) in [5.74, 6) is 1.42. The Kier molecular flexibility index (Phi) is 5.75. The Balaban J connectivity index is 1.62. The Morgan fingerprint density at radius 3 is 2.47 bits per heavy atom. The molecule has 19 heavy (non-hydrogen) atoms. The quantitative estimate of drug-likeness (QED) is 0.733. The van der Waals surface area contributed by atoms with E-state index in [4.69, 9.17) is 9.63 Å². The monoisotopic (exact) mass is 268 g/mol. The highest BCUT2D eigenvalue weighted by Gasteiger charge is 2.18. The van der Waals surface area contributed by atoms with Crippen molar-refractivity contribution in [3.8, 4) is 0 Å². The fourth-order valence-electron chi connectivity index (χ4n) is 2.39. The SMILES string of the molecule is Cc1noc(CN2CCN(CCCCCO)CC2)n1. The van der Waals surface area contributed by atoms with Crippen molar-refractivity contribution in [2.75, 3.05) is 39.3 Å². The van der Waals surface area contributed by atoms with E-state index in [9.17, 15) is 0 Å². The first-order valence-corrected chi connectivity index (χ1v) is 7.12. The maximum Gasteiger partial charge on any atom is 0.240 e. The second-order valence-electron chi connectivity index (χ2n) is 5.14. The standard InChI is InChI=1S/C13H24N4O2/c1-12-14-13(19-15-12)11-17-8-6-16(7-9-17)5-3-2-4-10-18/h18H,2-11H2,1H3. The summed E-state index contributed by atoms with van der Waals surface area (Å²) >= 11 is 0. The van der Waals surface area contributed by atoms with Gasteiger partial charge in [0.1, 0.15) is 0 Å². The van der Waals surface area contributed by atoms with Gasteiger partial charge in [-0.25, -0.2) is 0 Å². The van der Waals surface area contributed by atoms with E-state index < -0.39 is 0 Å². The number of rotatable bonds is 7. The molecule has 0 atom stereocenters. The van der Waals surface area contributed by atoms with E-state index in [0.717, 1.165) is 52.1 Å². The van der Waals surface area contributed by atoms with E-state index in [1.165, 1.54) is 6.42 Å². The van der Waals surface area contributed by atoms with Gasteiger partial charge in [-0.3, -0.25) is 4.90 Å². The zero-order valence-electron chi connectivity index (χ0n) is 11.7. The average molecular weight is 268 g/mol. The maximum atomic E-state index is 8.74. The lowest BCUT2D eigenvalue weighted by Gasteiger charge is -2.33.